The molecule has 3 aromatic rings. The Morgan fingerprint density at radius 1 is 1.24 bits per heavy atom. The third kappa shape index (κ3) is 5.31. The molecule has 0 atom stereocenters. The molecule has 1 heterocycles. The van der Waals surface area contributed by atoms with Gasteiger partial charge in [-0.1, -0.05) is 35.9 Å². The fourth-order valence-electron chi connectivity index (χ4n) is 2.79. The van der Waals surface area contributed by atoms with Gasteiger partial charge in [-0.2, -0.15) is 10.4 Å². The van der Waals surface area contributed by atoms with Crippen LogP contribution in [0.2, 0.25) is 5.02 Å². The van der Waals surface area contributed by atoms with Gasteiger partial charge in [0.1, 0.15) is 11.6 Å². The molecule has 1 aromatic heterocycles. The molecule has 5 nitrogen and oxygen atoms in total. The molecule has 0 fully saturated rings. The van der Waals surface area contributed by atoms with Crippen LogP contribution < -0.4 is 5.32 Å². The summed E-state index contributed by atoms with van der Waals surface area (Å²) in [5.41, 5.74) is 2.43. The first-order chi connectivity index (χ1) is 14.0. The van der Waals surface area contributed by atoms with Gasteiger partial charge < -0.3 is 5.32 Å². The van der Waals surface area contributed by atoms with E-state index in [4.69, 9.17) is 16.9 Å². The van der Waals surface area contributed by atoms with Gasteiger partial charge in [0.05, 0.1) is 24.7 Å². The van der Waals surface area contributed by atoms with Crippen LogP contribution in [0.1, 0.15) is 23.2 Å². The fraction of sp³-hybridized carbons (Fsp3) is 0.136. The summed E-state index contributed by atoms with van der Waals surface area (Å²) in [5.74, 6) is -0.262. The maximum absolute atomic E-state index is 13.4. The number of aromatic nitrogens is 2. The van der Waals surface area contributed by atoms with E-state index in [-0.39, 0.29) is 18.1 Å². The summed E-state index contributed by atoms with van der Waals surface area (Å²) in [4.78, 5) is 13.1. The molecule has 0 aliphatic rings. The molecule has 7 heteroatoms. The molecular formula is C22H18ClFN4O. The molecule has 2 aromatic carbocycles. The van der Waals surface area contributed by atoms with E-state index < -0.39 is 0 Å². The highest BCUT2D eigenvalue weighted by atomic mass is 35.5. The van der Waals surface area contributed by atoms with Gasteiger partial charge in [0.2, 0.25) is 0 Å². The van der Waals surface area contributed by atoms with E-state index >= 15 is 0 Å². The highest BCUT2D eigenvalue weighted by Gasteiger charge is 2.16. The van der Waals surface area contributed by atoms with E-state index in [2.05, 4.69) is 16.5 Å². The van der Waals surface area contributed by atoms with E-state index in [9.17, 15) is 9.18 Å². The van der Waals surface area contributed by atoms with Crippen molar-refractivity contribution in [2.75, 3.05) is 5.32 Å². The van der Waals surface area contributed by atoms with E-state index in [1.807, 2.05) is 6.92 Å². The van der Waals surface area contributed by atoms with Crippen molar-refractivity contribution in [3.8, 4) is 6.07 Å². The van der Waals surface area contributed by atoms with Crippen LogP contribution in [0.5, 0.6) is 0 Å². The maximum atomic E-state index is 13.4. The summed E-state index contributed by atoms with van der Waals surface area (Å²) in [6.45, 7) is 2.18. The molecule has 0 aliphatic heterocycles. The number of nitrogens with one attached hydrogen (secondary N) is 1. The van der Waals surface area contributed by atoms with Crippen LogP contribution in [0.3, 0.4) is 0 Å². The minimum atomic E-state index is -0.384. The van der Waals surface area contributed by atoms with Gasteiger partial charge in [-0.15, -0.1) is 0 Å². The number of amides is 1. The number of rotatable bonds is 6. The first-order valence-electron chi connectivity index (χ1n) is 8.92. The largest absolute Gasteiger partial charge is 0.307 e. The standard InChI is InChI=1S/C22H18ClFN4O/c1-15-13-21(28(27-15)12-2-11-25)26-22(29)20(17-5-9-19(24)10-6-17)14-16-3-7-18(23)8-4-16/h3-10,13-14H,2,12H2,1H3,(H,26,29). The predicted molar refractivity (Wildman–Crippen MR) is 112 cm³/mol. The second kappa shape index (κ2) is 9.18. The number of benzene rings is 2. The zero-order valence-corrected chi connectivity index (χ0v) is 16.4. The highest BCUT2D eigenvalue weighted by molar-refractivity contribution is 6.31. The van der Waals surface area contributed by atoms with Crippen molar-refractivity contribution in [2.45, 2.75) is 19.9 Å². The molecule has 0 aliphatic carbocycles. The Labute approximate surface area is 173 Å². The Bertz CT molecular complexity index is 1080. The lowest BCUT2D eigenvalue weighted by molar-refractivity contribution is -0.111. The molecule has 29 heavy (non-hydrogen) atoms. The molecule has 0 saturated carbocycles. The number of aryl methyl sites for hydroxylation is 2. The Morgan fingerprint density at radius 2 is 1.93 bits per heavy atom. The number of carbonyl (C=O) groups excluding carboxylic acids is 1. The number of nitrogens with zero attached hydrogens (tertiary/aromatic N) is 3. The van der Waals surface area contributed by atoms with Crippen molar-refractivity contribution in [1.82, 2.24) is 9.78 Å². The number of hydrogen-bond donors (Lipinski definition) is 1. The quantitative estimate of drug-likeness (QED) is 0.457. The van der Waals surface area contributed by atoms with Gasteiger partial charge in [0.15, 0.2) is 0 Å². The van der Waals surface area contributed by atoms with Crippen molar-refractivity contribution < 1.29 is 9.18 Å². The van der Waals surface area contributed by atoms with E-state index in [0.717, 1.165) is 11.3 Å². The average Bonchev–Trinajstić information content (AvgIpc) is 3.05. The lowest BCUT2D eigenvalue weighted by Crippen LogP contribution is -2.17. The van der Waals surface area contributed by atoms with Crippen molar-refractivity contribution in [3.05, 3.63) is 82.3 Å². The number of nitriles is 1. The second-order valence-electron chi connectivity index (χ2n) is 6.37. The summed E-state index contributed by atoms with van der Waals surface area (Å²) in [6.07, 6.45) is 1.98. The Morgan fingerprint density at radius 3 is 2.59 bits per heavy atom. The molecule has 0 unspecified atom stereocenters. The van der Waals surface area contributed by atoms with Crippen LogP contribution in [0.25, 0.3) is 11.6 Å². The summed E-state index contributed by atoms with van der Waals surface area (Å²) < 4.78 is 15.0. The summed E-state index contributed by atoms with van der Waals surface area (Å²) in [5, 5.41) is 16.6. The molecular weight excluding hydrogens is 391 g/mol. The van der Waals surface area contributed by atoms with Crippen LogP contribution in [-0.4, -0.2) is 15.7 Å². The van der Waals surface area contributed by atoms with E-state index in [0.29, 0.717) is 28.5 Å². The molecule has 1 N–H and O–H groups in total. The summed E-state index contributed by atoms with van der Waals surface area (Å²) in [6, 6.07) is 16.6. The Kier molecular flexibility index (Phi) is 6.43. The number of hydrogen-bond acceptors (Lipinski definition) is 3. The van der Waals surface area contributed by atoms with Crippen LogP contribution in [0.4, 0.5) is 10.2 Å². The molecule has 3 rings (SSSR count). The fourth-order valence-corrected chi connectivity index (χ4v) is 2.92. The lowest BCUT2D eigenvalue weighted by Gasteiger charge is -2.11. The van der Waals surface area contributed by atoms with Gasteiger partial charge in [0.25, 0.3) is 5.91 Å². The van der Waals surface area contributed by atoms with Crippen LogP contribution in [0, 0.1) is 24.1 Å². The minimum Gasteiger partial charge on any atom is -0.307 e. The first kappa shape index (κ1) is 20.3. The van der Waals surface area contributed by atoms with E-state index in [1.54, 1.807) is 53.2 Å². The summed E-state index contributed by atoms with van der Waals surface area (Å²) in [7, 11) is 0. The molecule has 0 spiro atoms. The van der Waals surface area contributed by atoms with E-state index in [1.165, 1.54) is 12.1 Å². The molecule has 0 bridgehead atoms. The van der Waals surface area contributed by atoms with Crippen molar-refractivity contribution in [1.29, 1.82) is 5.26 Å². The highest BCUT2D eigenvalue weighted by Crippen LogP contribution is 2.23. The first-order valence-corrected chi connectivity index (χ1v) is 9.30. The SMILES string of the molecule is Cc1cc(NC(=O)C(=Cc2ccc(Cl)cc2)c2ccc(F)cc2)n(CCC#N)n1. The summed E-state index contributed by atoms with van der Waals surface area (Å²) >= 11 is 5.94. The van der Waals surface area contributed by atoms with Crippen molar-refractivity contribution >= 4 is 35.0 Å². The van der Waals surface area contributed by atoms with Crippen molar-refractivity contribution in [2.24, 2.45) is 0 Å². The topological polar surface area (TPSA) is 70.7 Å². The normalized spacial score (nSPS) is 11.2. The zero-order chi connectivity index (χ0) is 20.8. The Balaban J connectivity index is 1.96. The number of anilines is 1. The van der Waals surface area contributed by atoms with Crippen LogP contribution in [0.15, 0.2) is 54.6 Å². The molecule has 0 radical (unpaired) electrons. The third-order valence-corrected chi connectivity index (χ3v) is 4.41. The van der Waals surface area contributed by atoms with Crippen molar-refractivity contribution in [3.63, 3.8) is 0 Å². The number of halogens is 2. The smallest absolute Gasteiger partial charge is 0.257 e. The maximum Gasteiger partial charge on any atom is 0.257 e. The minimum absolute atomic E-state index is 0.273. The van der Waals surface area contributed by atoms with Gasteiger partial charge in [0, 0.05) is 16.7 Å². The van der Waals surface area contributed by atoms with Crippen LogP contribution in [-0.2, 0) is 11.3 Å². The molecule has 146 valence electrons. The van der Waals surface area contributed by atoms with Gasteiger partial charge in [-0.25, -0.2) is 9.07 Å². The van der Waals surface area contributed by atoms with Gasteiger partial charge >= 0.3 is 0 Å². The Hall–Kier alpha value is -3.43. The molecule has 0 saturated heterocycles. The second-order valence-corrected chi connectivity index (χ2v) is 6.81. The third-order valence-electron chi connectivity index (χ3n) is 4.16. The average molecular weight is 409 g/mol. The molecule has 1 amide bonds. The number of carbonyl (C=O) groups is 1. The lowest BCUT2D eigenvalue weighted by atomic mass is 10.0. The monoisotopic (exact) mass is 408 g/mol. The van der Waals surface area contributed by atoms with Crippen LogP contribution >= 0.6 is 11.6 Å². The zero-order valence-electron chi connectivity index (χ0n) is 15.7. The van der Waals surface area contributed by atoms with Gasteiger partial charge in [-0.3, -0.25) is 4.79 Å². The van der Waals surface area contributed by atoms with Gasteiger partial charge in [-0.05, 0) is 48.4 Å². The predicted octanol–water partition coefficient (Wildman–Crippen LogP) is 5.08.